The topological polar surface area (TPSA) is 84.9 Å². The summed E-state index contributed by atoms with van der Waals surface area (Å²) in [5.41, 5.74) is 2.11. The van der Waals surface area contributed by atoms with E-state index < -0.39 is 22.5 Å². The van der Waals surface area contributed by atoms with E-state index in [-0.39, 0.29) is 16.6 Å². The molecule has 0 aliphatic rings. The van der Waals surface area contributed by atoms with Gasteiger partial charge in [0.1, 0.15) is 18.0 Å². The zero-order chi connectivity index (χ0) is 26.3. The van der Waals surface area contributed by atoms with Crippen LogP contribution in [0.1, 0.15) is 37.4 Å². The van der Waals surface area contributed by atoms with Crippen LogP contribution in [-0.4, -0.2) is 35.1 Å². The summed E-state index contributed by atoms with van der Waals surface area (Å²) in [5.74, 6) is 0.643. The lowest BCUT2D eigenvalue weighted by molar-refractivity contribution is -0.120. The Hall–Kier alpha value is -3.52. The molecule has 1 N–H and O–H groups in total. The summed E-state index contributed by atoms with van der Waals surface area (Å²) < 4.78 is 39.5. The van der Waals surface area contributed by atoms with Crippen molar-refractivity contribution >= 4 is 21.6 Å². The summed E-state index contributed by atoms with van der Waals surface area (Å²) in [6.45, 7) is 5.61. The van der Waals surface area contributed by atoms with Gasteiger partial charge in [0.15, 0.2) is 0 Å². The van der Waals surface area contributed by atoms with Gasteiger partial charge in [-0.1, -0.05) is 61.9 Å². The molecule has 0 bridgehead atoms. The number of rotatable bonds is 11. The molecule has 0 saturated carbocycles. The van der Waals surface area contributed by atoms with Crippen molar-refractivity contribution in [3.63, 3.8) is 0 Å². The lowest BCUT2D eigenvalue weighted by Gasteiger charge is -2.28. The highest BCUT2D eigenvalue weighted by Crippen LogP contribution is 2.35. The third-order valence-electron chi connectivity index (χ3n) is 5.80. The van der Waals surface area contributed by atoms with Crippen molar-refractivity contribution in [2.45, 2.75) is 38.1 Å². The predicted molar refractivity (Wildman–Crippen MR) is 142 cm³/mol. The number of nitrogens with zero attached hydrogens (tertiary/aromatic N) is 1. The molecule has 0 radical (unpaired) electrons. The molecule has 0 saturated heterocycles. The molecule has 0 spiro atoms. The highest BCUT2D eigenvalue weighted by molar-refractivity contribution is 7.92. The second-order valence-corrected chi connectivity index (χ2v) is 10.9. The fourth-order valence-electron chi connectivity index (χ4n) is 3.93. The van der Waals surface area contributed by atoms with E-state index >= 15 is 0 Å². The summed E-state index contributed by atoms with van der Waals surface area (Å²) in [7, 11) is -1.16. The number of hydrogen-bond donors (Lipinski definition) is 1. The number of benzene rings is 3. The minimum atomic E-state index is -4.11. The number of anilines is 1. The summed E-state index contributed by atoms with van der Waals surface area (Å²) in [6.07, 6.45) is 0.711. The quantitative estimate of drug-likeness (QED) is 0.387. The van der Waals surface area contributed by atoms with E-state index in [0.29, 0.717) is 23.8 Å². The Morgan fingerprint density at radius 2 is 1.61 bits per heavy atom. The van der Waals surface area contributed by atoms with Gasteiger partial charge in [0, 0.05) is 6.07 Å². The molecule has 192 valence electrons. The molecule has 7 nitrogen and oxygen atoms in total. The van der Waals surface area contributed by atoms with E-state index in [1.807, 2.05) is 37.3 Å². The van der Waals surface area contributed by atoms with Crippen LogP contribution in [0.3, 0.4) is 0 Å². The molecule has 8 heteroatoms. The number of sulfonamides is 1. The standard InChI is InChI=1S/C28H34N2O5S/c1-20(2)17-25(22-9-7-6-8-10-22)29-28(31)19-30(26-18-23(34-4)13-16-27(26)35-5)36(32,33)24-14-11-21(3)12-15-24/h6-16,18,20,25H,17,19H2,1-5H3,(H,29,31). The fourth-order valence-corrected chi connectivity index (χ4v) is 5.36. The average Bonchev–Trinajstić information content (AvgIpc) is 2.87. The normalized spacial score (nSPS) is 12.2. The van der Waals surface area contributed by atoms with Gasteiger partial charge in [-0.2, -0.15) is 0 Å². The molecular weight excluding hydrogens is 476 g/mol. The van der Waals surface area contributed by atoms with Gasteiger partial charge in [-0.25, -0.2) is 8.42 Å². The van der Waals surface area contributed by atoms with Crippen LogP contribution in [0.5, 0.6) is 11.5 Å². The smallest absolute Gasteiger partial charge is 0.264 e. The molecular formula is C28H34N2O5S. The lowest BCUT2D eigenvalue weighted by atomic mass is 9.97. The van der Waals surface area contributed by atoms with Crippen LogP contribution in [0.2, 0.25) is 0 Å². The number of carbonyl (C=O) groups excluding carboxylic acids is 1. The first-order valence-corrected chi connectivity index (χ1v) is 13.3. The van der Waals surface area contributed by atoms with Crippen LogP contribution in [0.25, 0.3) is 0 Å². The Kier molecular flexibility index (Phi) is 8.98. The molecule has 1 unspecified atom stereocenters. The van der Waals surface area contributed by atoms with Crippen LogP contribution in [-0.2, 0) is 14.8 Å². The molecule has 1 atom stereocenters. The highest BCUT2D eigenvalue weighted by atomic mass is 32.2. The van der Waals surface area contributed by atoms with Crippen molar-refractivity contribution in [1.82, 2.24) is 5.32 Å². The van der Waals surface area contributed by atoms with E-state index in [1.54, 1.807) is 30.3 Å². The van der Waals surface area contributed by atoms with E-state index in [4.69, 9.17) is 9.47 Å². The minimum absolute atomic E-state index is 0.0764. The minimum Gasteiger partial charge on any atom is -0.497 e. The Morgan fingerprint density at radius 1 is 0.944 bits per heavy atom. The van der Waals surface area contributed by atoms with Crippen molar-refractivity contribution in [2.24, 2.45) is 5.92 Å². The van der Waals surface area contributed by atoms with Gasteiger partial charge < -0.3 is 14.8 Å². The number of carbonyl (C=O) groups is 1. The molecule has 0 heterocycles. The summed E-state index contributed by atoms with van der Waals surface area (Å²) in [5, 5.41) is 3.05. The second kappa shape index (κ2) is 11.9. The van der Waals surface area contributed by atoms with E-state index in [0.717, 1.165) is 15.4 Å². The van der Waals surface area contributed by atoms with E-state index in [1.165, 1.54) is 26.4 Å². The fraction of sp³-hybridized carbons (Fsp3) is 0.321. The van der Waals surface area contributed by atoms with Crippen molar-refractivity contribution in [3.8, 4) is 11.5 Å². The largest absolute Gasteiger partial charge is 0.497 e. The average molecular weight is 511 g/mol. The highest BCUT2D eigenvalue weighted by Gasteiger charge is 2.30. The third kappa shape index (κ3) is 6.57. The maximum Gasteiger partial charge on any atom is 0.264 e. The lowest BCUT2D eigenvalue weighted by Crippen LogP contribution is -2.42. The van der Waals surface area contributed by atoms with Gasteiger partial charge in [-0.05, 0) is 49.1 Å². The maximum atomic E-state index is 13.8. The number of methoxy groups -OCH3 is 2. The molecule has 1 amide bonds. The Balaban J connectivity index is 2.02. The summed E-state index contributed by atoms with van der Waals surface area (Å²) in [4.78, 5) is 13.5. The van der Waals surface area contributed by atoms with Gasteiger partial charge in [-0.15, -0.1) is 0 Å². The van der Waals surface area contributed by atoms with Gasteiger partial charge >= 0.3 is 0 Å². The number of amides is 1. The van der Waals surface area contributed by atoms with Crippen molar-refractivity contribution < 1.29 is 22.7 Å². The molecule has 0 aliphatic carbocycles. The van der Waals surface area contributed by atoms with Gasteiger partial charge in [0.05, 0.1) is 30.8 Å². The number of hydrogen-bond acceptors (Lipinski definition) is 5. The van der Waals surface area contributed by atoms with Crippen LogP contribution >= 0.6 is 0 Å². The Morgan fingerprint density at radius 3 is 2.19 bits per heavy atom. The first-order chi connectivity index (χ1) is 17.1. The molecule has 3 aromatic rings. The Bertz CT molecular complexity index is 1260. The molecule has 0 aromatic heterocycles. The molecule has 0 aliphatic heterocycles. The van der Waals surface area contributed by atoms with Gasteiger partial charge in [-0.3, -0.25) is 9.10 Å². The maximum absolute atomic E-state index is 13.8. The molecule has 0 fully saturated rings. The zero-order valence-corrected chi connectivity index (χ0v) is 22.2. The molecule has 3 rings (SSSR count). The third-order valence-corrected chi connectivity index (χ3v) is 7.57. The number of aryl methyl sites for hydroxylation is 1. The molecule has 3 aromatic carbocycles. The van der Waals surface area contributed by atoms with Crippen LogP contribution < -0.4 is 19.1 Å². The Labute approximate surface area is 214 Å². The van der Waals surface area contributed by atoms with Crippen LogP contribution in [0, 0.1) is 12.8 Å². The summed E-state index contributed by atoms with van der Waals surface area (Å²) >= 11 is 0. The molecule has 36 heavy (non-hydrogen) atoms. The first kappa shape index (κ1) is 27.1. The van der Waals surface area contributed by atoms with E-state index in [2.05, 4.69) is 19.2 Å². The van der Waals surface area contributed by atoms with Gasteiger partial charge in [0.25, 0.3) is 10.0 Å². The van der Waals surface area contributed by atoms with E-state index in [9.17, 15) is 13.2 Å². The predicted octanol–water partition coefficient (Wildman–Crippen LogP) is 5.11. The summed E-state index contributed by atoms with van der Waals surface area (Å²) in [6, 6.07) is 20.8. The second-order valence-electron chi connectivity index (χ2n) is 9.02. The van der Waals surface area contributed by atoms with Crippen molar-refractivity contribution in [3.05, 3.63) is 83.9 Å². The van der Waals surface area contributed by atoms with Crippen molar-refractivity contribution in [1.29, 1.82) is 0 Å². The van der Waals surface area contributed by atoms with Crippen molar-refractivity contribution in [2.75, 3.05) is 25.1 Å². The monoisotopic (exact) mass is 510 g/mol. The van der Waals surface area contributed by atoms with Crippen LogP contribution in [0.4, 0.5) is 5.69 Å². The first-order valence-electron chi connectivity index (χ1n) is 11.8. The number of ether oxygens (including phenoxy) is 2. The SMILES string of the molecule is COc1ccc(OC)c(N(CC(=O)NC(CC(C)C)c2ccccc2)S(=O)(=O)c2ccc(C)cc2)c1. The van der Waals surface area contributed by atoms with Crippen LogP contribution in [0.15, 0.2) is 77.7 Å². The van der Waals surface area contributed by atoms with Gasteiger partial charge in [0.2, 0.25) is 5.91 Å². The number of nitrogens with one attached hydrogen (secondary N) is 1. The zero-order valence-electron chi connectivity index (χ0n) is 21.4.